The molecule has 3 aromatic heterocycles. The summed E-state index contributed by atoms with van der Waals surface area (Å²) in [5, 5.41) is 6.94. The summed E-state index contributed by atoms with van der Waals surface area (Å²) in [5.41, 5.74) is 5.46. The van der Waals surface area contributed by atoms with Gasteiger partial charge in [-0.25, -0.2) is 9.37 Å². The number of carbonyl (C=O) groups excluding carboxylic acids is 1. The number of halogens is 1. The number of amides is 1. The number of alkyl halides is 1. The van der Waals surface area contributed by atoms with Crippen LogP contribution in [0.15, 0.2) is 41.2 Å². The zero-order valence-electron chi connectivity index (χ0n) is 17.5. The third-order valence-electron chi connectivity index (χ3n) is 6.14. The van der Waals surface area contributed by atoms with Gasteiger partial charge in [-0.3, -0.25) is 9.20 Å². The fraction of sp³-hybridized carbons (Fsp3) is 0.304. The number of rotatable bonds is 4. The van der Waals surface area contributed by atoms with Gasteiger partial charge in [-0.05, 0) is 43.5 Å². The second-order valence-electron chi connectivity index (χ2n) is 8.38. The number of hydrogen-bond donors (Lipinski definition) is 1. The van der Waals surface area contributed by atoms with Crippen LogP contribution >= 0.6 is 0 Å². The number of pyridine rings is 1. The number of hydrogen-bond acceptors (Lipinski definition) is 6. The molecule has 1 amide bonds. The van der Waals surface area contributed by atoms with E-state index in [2.05, 4.69) is 20.4 Å². The minimum atomic E-state index is -0.905. The van der Waals surface area contributed by atoms with Crippen molar-refractivity contribution in [2.24, 2.45) is 0 Å². The van der Waals surface area contributed by atoms with Crippen LogP contribution < -0.4 is 5.32 Å². The van der Waals surface area contributed by atoms with Gasteiger partial charge in [-0.15, -0.1) is 0 Å². The van der Waals surface area contributed by atoms with Gasteiger partial charge >= 0.3 is 0 Å². The maximum absolute atomic E-state index is 13.3. The monoisotopic (exact) mass is 433 g/mol. The van der Waals surface area contributed by atoms with E-state index < -0.39 is 6.17 Å². The number of nitrogens with zero attached hydrogens (tertiary/aromatic N) is 4. The summed E-state index contributed by atoms with van der Waals surface area (Å²) < 4.78 is 26.0. The number of nitrogens with one attached hydrogen (secondary N) is 1. The molecule has 1 aliphatic heterocycles. The summed E-state index contributed by atoms with van der Waals surface area (Å²) in [6, 6.07) is 7.46. The van der Waals surface area contributed by atoms with Crippen molar-refractivity contribution in [3.8, 4) is 11.4 Å². The zero-order chi connectivity index (χ0) is 22.0. The molecule has 6 rings (SSSR count). The standard InChI is InChI=1S/C23H20FN5O3/c1-11-3-4-13(21-27-23(32-28-21)15-7-17(15)24)5-18(11)26-22(30)19-8-25-20-6-14-10-31-12(2)16(14)9-29(19)20/h3-6,8-9,12,15,17H,7,10H2,1-2H3,(H,26,30)/t12?,15-,17-/m0/s1. The SMILES string of the molecule is Cc1ccc(-c2noc([C@H]3C[C@@H]3F)n2)cc1NC(=O)c1cnc2cc3c(cn12)C(C)OC3. The molecule has 2 aliphatic rings. The third kappa shape index (κ3) is 3.08. The molecule has 0 saturated heterocycles. The molecule has 9 heteroatoms. The van der Waals surface area contributed by atoms with Crippen LogP contribution in [0.25, 0.3) is 17.0 Å². The van der Waals surface area contributed by atoms with E-state index in [0.29, 0.717) is 47.3 Å². The first-order chi connectivity index (χ1) is 15.5. The van der Waals surface area contributed by atoms with Crippen LogP contribution in [0.3, 0.4) is 0 Å². The largest absolute Gasteiger partial charge is 0.369 e. The summed E-state index contributed by atoms with van der Waals surface area (Å²) in [6.07, 6.45) is 2.99. The van der Waals surface area contributed by atoms with Gasteiger partial charge in [0.2, 0.25) is 11.7 Å². The molecule has 162 valence electrons. The summed E-state index contributed by atoms with van der Waals surface area (Å²) >= 11 is 0. The smallest absolute Gasteiger partial charge is 0.274 e. The van der Waals surface area contributed by atoms with Crippen molar-refractivity contribution < 1.29 is 18.4 Å². The lowest BCUT2D eigenvalue weighted by Crippen LogP contribution is -2.15. The molecule has 0 bridgehead atoms. The first-order valence-electron chi connectivity index (χ1n) is 10.5. The molecule has 1 unspecified atom stereocenters. The lowest BCUT2D eigenvalue weighted by Gasteiger charge is -2.10. The minimum Gasteiger partial charge on any atom is -0.369 e. The maximum Gasteiger partial charge on any atom is 0.274 e. The highest BCUT2D eigenvalue weighted by Crippen LogP contribution is 2.43. The number of anilines is 1. The highest BCUT2D eigenvalue weighted by molar-refractivity contribution is 6.04. The van der Waals surface area contributed by atoms with Gasteiger partial charge in [0, 0.05) is 23.0 Å². The van der Waals surface area contributed by atoms with E-state index in [-0.39, 0.29) is 17.9 Å². The zero-order valence-corrected chi connectivity index (χ0v) is 17.5. The Morgan fingerprint density at radius 3 is 2.97 bits per heavy atom. The molecular weight excluding hydrogens is 413 g/mol. The van der Waals surface area contributed by atoms with Crippen LogP contribution in [0.4, 0.5) is 10.1 Å². The molecule has 4 aromatic rings. The Hall–Kier alpha value is -3.59. The van der Waals surface area contributed by atoms with Crippen molar-refractivity contribution in [3.63, 3.8) is 0 Å². The van der Waals surface area contributed by atoms with Crippen LogP contribution in [0.1, 0.15) is 58.4 Å². The Kier molecular flexibility index (Phi) is 4.16. The summed E-state index contributed by atoms with van der Waals surface area (Å²) in [4.78, 5) is 21.8. The van der Waals surface area contributed by atoms with Gasteiger partial charge in [0.1, 0.15) is 17.5 Å². The third-order valence-corrected chi connectivity index (χ3v) is 6.14. The van der Waals surface area contributed by atoms with Gasteiger partial charge in [0.25, 0.3) is 5.91 Å². The van der Waals surface area contributed by atoms with E-state index >= 15 is 0 Å². The Morgan fingerprint density at radius 1 is 1.31 bits per heavy atom. The quantitative estimate of drug-likeness (QED) is 0.514. The maximum atomic E-state index is 13.3. The fourth-order valence-electron chi connectivity index (χ4n) is 4.05. The van der Waals surface area contributed by atoms with Crippen molar-refractivity contribution >= 4 is 17.2 Å². The number of carbonyl (C=O) groups is 1. The highest BCUT2D eigenvalue weighted by atomic mass is 19.1. The Balaban J connectivity index is 1.29. The van der Waals surface area contributed by atoms with E-state index in [1.807, 2.05) is 38.2 Å². The molecule has 0 spiro atoms. The number of fused-ring (bicyclic) bond motifs is 2. The van der Waals surface area contributed by atoms with Gasteiger partial charge in [0.15, 0.2) is 0 Å². The van der Waals surface area contributed by atoms with Crippen LogP contribution in [0.2, 0.25) is 0 Å². The summed E-state index contributed by atoms with van der Waals surface area (Å²) in [7, 11) is 0. The van der Waals surface area contributed by atoms with Crippen molar-refractivity contribution in [3.05, 3.63) is 64.9 Å². The summed E-state index contributed by atoms with van der Waals surface area (Å²) in [6.45, 7) is 4.45. The summed E-state index contributed by atoms with van der Waals surface area (Å²) in [5.74, 6) is 0.103. The molecule has 8 nitrogen and oxygen atoms in total. The Bertz CT molecular complexity index is 1380. The van der Waals surface area contributed by atoms with Crippen LogP contribution in [-0.2, 0) is 11.3 Å². The topological polar surface area (TPSA) is 94.6 Å². The molecule has 1 fully saturated rings. The number of benzene rings is 1. The molecule has 1 N–H and O–H groups in total. The van der Waals surface area contributed by atoms with Gasteiger partial charge in [-0.1, -0.05) is 17.3 Å². The fourth-order valence-corrected chi connectivity index (χ4v) is 4.05. The second-order valence-corrected chi connectivity index (χ2v) is 8.38. The minimum absolute atomic E-state index is 0.0187. The van der Waals surface area contributed by atoms with Crippen LogP contribution in [0, 0.1) is 6.92 Å². The predicted molar refractivity (Wildman–Crippen MR) is 113 cm³/mol. The number of aryl methyl sites for hydroxylation is 1. The average Bonchev–Trinajstić information content (AvgIpc) is 3.17. The van der Waals surface area contributed by atoms with Gasteiger partial charge < -0.3 is 14.6 Å². The van der Waals surface area contributed by atoms with Crippen LogP contribution in [0.5, 0.6) is 0 Å². The molecule has 0 radical (unpaired) electrons. The lowest BCUT2D eigenvalue weighted by molar-refractivity contribution is 0.0795. The van der Waals surface area contributed by atoms with E-state index in [4.69, 9.17) is 9.26 Å². The average molecular weight is 433 g/mol. The van der Waals surface area contributed by atoms with E-state index in [1.54, 1.807) is 16.7 Å². The predicted octanol–water partition coefficient (Wildman–Crippen LogP) is 4.36. The molecule has 32 heavy (non-hydrogen) atoms. The van der Waals surface area contributed by atoms with Crippen molar-refractivity contribution in [1.82, 2.24) is 19.5 Å². The van der Waals surface area contributed by atoms with Crippen molar-refractivity contribution in [2.75, 3.05) is 5.32 Å². The first-order valence-corrected chi connectivity index (χ1v) is 10.5. The van der Waals surface area contributed by atoms with E-state index in [0.717, 1.165) is 16.7 Å². The van der Waals surface area contributed by atoms with E-state index in [1.165, 1.54) is 0 Å². The Morgan fingerprint density at radius 2 is 2.16 bits per heavy atom. The molecule has 1 aromatic carbocycles. The van der Waals surface area contributed by atoms with Gasteiger partial charge in [0.05, 0.1) is 24.8 Å². The number of ether oxygens (including phenoxy) is 1. The normalized spacial score (nSPS) is 21.7. The first kappa shape index (κ1) is 19.1. The van der Waals surface area contributed by atoms with Crippen molar-refractivity contribution in [1.29, 1.82) is 0 Å². The number of imidazole rings is 1. The molecule has 4 heterocycles. The van der Waals surface area contributed by atoms with Crippen molar-refractivity contribution in [2.45, 2.75) is 45.1 Å². The van der Waals surface area contributed by atoms with Crippen LogP contribution in [-0.4, -0.2) is 31.6 Å². The molecular formula is C23H20FN5O3. The van der Waals surface area contributed by atoms with E-state index in [9.17, 15) is 9.18 Å². The molecule has 1 saturated carbocycles. The molecule has 1 aliphatic carbocycles. The number of aromatic nitrogens is 4. The Labute approximate surface area is 182 Å². The molecule has 3 atom stereocenters. The lowest BCUT2D eigenvalue weighted by atomic mass is 10.1. The highest BCUT2D eigenvalue weighted by Gasteiger charge is 2.43. The van der Waals surface area contributed by atoms with Gasteiger partial charge in [-0.2, -0.15) is 4.98 Å². The second kappa shape index (κ2) is 6.96.